The summed E-state index contributed by atoms with van der Waals surface area (Å²) in [4.78, 5) is 26.9. The maximum Gasteiger partial charge on any atom is 0.325 e. The molecule has 0 saturated heterocycles. The van der Waals surface area contributed by atoms with Gasteiger partial charge in [0.25, 0.3) is 0 Å². The number of carboxylic acid groups (broad SMARTS) is 1. The second-order valence-electron chi connectivity index (χ2n) is 6.44. The second kappa shape index (κ2) is 5.77. The van der Waals surface area contributed by atoms with Crippen LogP contribution in [0.5, 0.6) is 0 Å². The van der Waals surface area contributed by atoms with E-state index >= 15 is 0 Å². The summed E-state index contributed by atoms with van der Waals surface area (Å²) in [6.07, 6.45) is 0.796. The Morgan fingerprint density at radius 3 is 2.71 bits per heavy atom. The Bertz CT molecular complexity index is 547. The van der Waals surface area contributed by atoms with Gasteiger partial charge in [0, 0.05) is 17.0 Å². The molecule has 2 rings (SSSR count). The van der Waals surface area contributed by atoms with Gasteiger partial charge in [0.05, 0.1) is 6.04 Å². The molecule has 0 radical (unpaired) electrons. The van der Waals surface area contributed by atoms with Crippen molar-refractivity contribution in [1.29, 1.82) is 0 Å². The molecule has 5 nitrogen and oxygen atoms in total. The molecule has 2 heterocycles. The van der Waals surface area contributed by atoms with Crippen molar-refractivity contribution in [2.45, 2.75) is 51.7 Å². The Hall–Kier alpha value is -1.40. The molecular formula is C15H22N2O3S. The molecule has 21 heavy (non-hydrogen) atoms. The summed E-state index contributed by atoms with van der Waals surface area (Å²) in [5.74, 6) is -1.03. The predicted molar refractivity (Wildman–Crippen MR) is 82.5 cm³/mol. The van der Waals surface area contributed by atoms with E-state index in [0.29, 0.717) is 6.54 Å². The van der Waals surface area contributed by atoms with Gasteiger partial charge in [-0.2, -0.15) is 0 Å². The van der Waals surface area contributed by atoms with Gasteiger partial charge in [-0.15, -0.1) is 11.3 Å². The number of carboxylic acids is 1. The number of amides is 1. The van der Waals surface area contributed by atoms with E-state index in [1.807, 2.05) is 32.2 Å². The summed E-state index contributed by atoms with van der Waals surface area (Å²) in [5.41, 5.74) is 0.502. The number of aliphatic carboxylic acids is 1. The summed E-state index contributed by atoms with van der Waals surface area (Å²) in [7, 11) is 0. The van der Waals surface area contributed by atoms with Crippen molar-refractivity contribution in [3.05, 3.63) is 21.9 Å². The van der Waals surface area contributed by atoms with Gasteiger partial charge in [-0.25, -0.2) is 0 Å². The van der Waals surface area contributed by atoms with Gasteiger partial charge in [-0.05, 0) is 51.1 Å². The standard InChI is InChI=1S/C15H22N2O3S/c1-9(13(18)16-15(2,3)4)17-7-5-11-10(6-8-21-11)12(17)14(19)20/h6,8-9,12H,5,7H2,1-4H3,(H,16,18)(H,19,20). The highest BCUT2D eigenvalue weighted by Crippen LogP contribution is 2.34. The predicted octanol–water partition coefficient (Wildman–Crippen LogP) is 2.04. The molecule has 1 amide bonds. The van der Waals surface area contributed by atoms with E-state index < -0.39 is 18.1 Å². The van der Waals surface area contributed by atoms with Crippen LogP contribution in [0.15, 0.2) is 11.4 Å². The largest absolute Gasteiger partial charge is 0.480 e. The Balaban J connectivity index is 2.23. The molecule has 0 aliphatic carbocycles. The molecule has 0 bridgehead atoms. The molecular weight excluding hydrogens is 288 g/mol. The minimum Gasteiger partial charge on any atom is -0.480 e. The van der Waals surface area contributed by atoms with Crippen molar-refractivity contribution in [2.24, 2.45) is 0 Å². The van der Waals surface area contributed by atoms with Crippen molar-refractivity contribution in [3.8, 4) is 0 Å². The molecule has 1 aromatic rings. The monoisotopic (exact) mass is 310 g/mol. The van der Waals surface area contributed by atoms with Crippen LogP contribution in [0.2, 0.25) is 0 Å². The smallest absolute Gasteiger partial charge is 0.325 e. The topological polar surface area (TPSA) is 69.6 Å². The molecule has 0 aromatic carbocycles. The first-order valence-corrected chi connectivity index (χ1v) is 7.95. The zero-order valence-electron chi connectivity index (χ0n) is 12.8. The van der Waals surface area contributed by atoms with Crippen LogP contribution in [0.4, 0.5) is 0 Å². The zero-order chi connectivity index (χ0) is 15.8. The fourth-order valence-corrected chi connectivity index (χ4v) is 3.56. The molecule has 0 saturated carbocycles. The number of thiophene rings is 1. The van der Waals surface area contributed by atoms with Crippen LogP contribution < -0.4 is 5.32 Å². The van der Waals surface area contributed by atoms with E-state index in [1.54, 1.807) is 23.2 Å². The first kappa shape index (κ1) is 16.0. The summed E-state index contributed by atoms with van der Waals surface area (Å²) in [6, 6.07) is 0.651. The van der Waals surface area contributed by atoms with Crippen LogP contribution in [-0.4, -0.2) is 40.0 Å². The van der Waals surface area contributed by atoms with Crippen molar-refractivity contribution in [2.75, 3.05) is 6.54 Å². The third-order valence-electron chi connectivity index (χ3n) is 3.61. The number of hydrogen-bond donors (Lipinski definition) is 2. The number of rotatable bonds is 3. The van der Waals surface area contributed by atoms with Crippen LogP contribution in [0.3, 0.4) is 0 Å². The normalized spacial score (nSPS) is 20.7. The van der Waals surface area contributed by atoms with E-state index in [9.17, 15) is 14.7 Å². The average Bonchev–Trinajstić information content (AvgIpc) is 2.82. The van der Waals surface area contributed by atoms with Crippen molar-refractivity contribution < 1.29 is 14.7 Å². The summed E-state index contributed by atoms with van der Waals surface area (Å²) in [5, 5.41) is 14.4. The number of nitrogens with one attached hydrogen (secondary N) is 1. The Labute approximate surface area is 129 Å². The lowest BCUT2D eigenvalue weighted by Gasteiger charge is -2.37. The van der Waals surface area contributed by atoms with E-state index in [-0.39, 0.29) is 11.4 Å². The molecule has 0 spiro atoms. The summed E-state index contributed by atoms with van der Waals surface area (Å²) >= 11 is 1.59. The molecule has 2 N–H and O–H groups in total. The SMILES string of the molecule is CC(C(=O)NC(C)(C)C)N1CCc2sccc2C1C(=O)O. The van der Waals surface area contributed by atoms with E-state index in [0.717, 1.165) is 16.9 Å². The number of fused-ring (bicyclic) bond motifs is 1. The van der Waals surface area contributed by atoms with Gasteiger partial charge in [0.2, 0.25) is 5.91 Å². The molecule has 1 aliphatic rings. The summed E-state index contributed by atoms with van der Waals surface area (Å²) < 4.78 is 0. The lowest BCUT2D eigenvalue weighted by atomic mass is 9.97. The quantitative estimate of drug-likeness (QED) is 0.896. The highest BCUT2D eigenvalue weighted by atomic mass is 32.1. The fraction of sp³-hybridized carbons (Fsp3) is 0.600. The number of carbonyl (C=O) groups excluding carboxylic acids is 1. The van der Waals surface area contributed by atoms with Gasteiger partial charge in [-0.1, -0.05) is 0 Å². The molecule has 0 fully saturated rings. The van der Waals surface area contributed by atoms with E-state index in [4.69, 9.17) is 0 Å². The third kappa shape index (κ3) is 3.44. The van der Waals surface area contributed by atoms with Gasteiger partial charge >= 0.3 is 5.97 Å². The van der Waals surface area contributed by atoms with Crippen molar-refractivity contribution in [1.82, 2.24) is 10.2 Å². The van der Waals surface area contributed by atoms with E-state index in [1.165, 1.54) is 0 Å². The van der Waals surface area contributed by atoms with Crippen molar-refractivity contribution >= 4 is 23.2 Å². The van der Waals surface area contributed by atoms with Crippen LogP contribution >= 0.6 is 11.3 Å². The molecule has 116 valence electrons. The molecule has 6 heteroatoms. The zero-order valence-corrected chi connectivity index (χ0v) is 13.7. The second-order valence-corrected chi connectivity index (χ2v) is 7.44. The lowest BCUT2D eigenvalue weighted by molar-refractivity contribution is -0.146. The Morgan fingerprint density at radius 1 is 1.48 bits per heavy atom. The minimum atomic E-state index is -0.898. The first-order chi connectivity index (χ1) is 9.70. The number of nitrogens with zero attached hydrogens (tertiary/aromatic N) is 1. The van der Waals surface area contributed by atoms with Crippen LogP contribution in [0.1, 0.15) is 44.2 Å². The van der Waals surface area contributed by atoms with Gasteiger partial charge < -0.3 is 10.4 Å². The average molecular weight is 310 g/mol. The molecule has 2 unspecified atom stereocenters. The lowest BCUT2D eigenvalue weighted by Crippen LogP contribution is -2.54. The minimum absolute atomic E-state index is 0.132. The van der Waals surface area contributed by atoms with Crippen LogP contribution in [-0.2, 0) is 16.0 Å². The van der Waals surface area contributed by atoms with Gasteiger partial charge in [0.15, 0.2) is 0 Å². The maximum atomic E-state index is 12.3. The molecule has 1 aromatic heterocycles. The van der Waals surface area contributed by atoms with Crippen LogP contribution in [0, 0.1) is 0 Å². The Kier molecular flexibility index (Phi) is 4.39. The van der Waals surface area contributed by atoms with E-state index in [2.05, 4.69) is 5.32 Å². The number of carbonyl (C=O) groups is 2. The maximum absolute atomic E-state index is 12.3. The highest BCUT2D eigenvalue weighted by molar-refractivity contribution is 7.10. The highest BCUT2D eigenvalue weighted by Gasteiger charge is 2.38. The fourth-order valence-electron chi connectivity index (χ4n) is 2.65. The third-order valence-corrected chi connectivity index (χ3v) is 4.61. The molecule has 2 atom stereocenters. The van der Waals surface area contributed by atoms with Crippen molar-refractivity contribution in [3.63, 3.8) is 0 Å². The number of hydrogen-bond acceptors (Lipinski definition) is 4. The Morgan fingerprint density at radius 2 is 2.14 bits per heavy atom. The first-order valence-electron chi connectivity index (χ1n) is 7.07. The summed E-state index contributed by atoms with van der Waals surface area (Å²) in [6.45, 7) is 8.11. The van der Waals surface area contributed by atoms with Crippen LogP contribution in [0.25, 0.3) is 0 Å². The molecule has 1 aliphatic heterocycles. The van der Waals surface area contributed by atoms with Gasteiger partial charge in [-0.3, -0.25) is 14.5 Å². The van der Waals surface area contributed by atoms with Gasteiger partial charge in [0.1, 0.15) is 6.04 Å².